The van der Waals surface area contributed by atoms with Crippen LogP contribution in [0.25, 0.3) is 16.7 Å². The minimum atomic E-state index is -0.146. The standard InChI is InChI=1S/C21H26N4O3/c1-15-7-5-9-23(14-15)21(27)17-13-16-19(24(17)11-6-12-28-2)22-18-8-3-4-10-25(18)20(16)26/h3-4,8,10,13,15H,5-7,9,11-12,14H2,1-2H3. The van der Waals surface area contributed by atoms with Crippen LogP contribution in [0, 0.1) is 5.92 Å². The van der Waals surface area contributed by atoms with E-state index in [1.165, 1.54) is 4.40 Å². The van der Waals surface area contributed by atoms with E-state index in [1.54, 1.807) is 31.5 Å². The second-order valence-corrected chi connectivity index (χ2v) is 7.61. The molecule has 3 aromatic heterocycles. The summed E-state index contributed by atoms with van der Waals surface area (Å²) in [6, 6.07) is 7.19. The Hall–Kier alpha value is -2.67. The average molecular weight is 382 g/mol. The van der Waals surface area contributed by atoms with Crippen LogP contribution in [-0.4, -0.2) is 51.6 Å². The first-order valence-electron chi connectivity index (χ1n) is 9.89. The molecular weight excluding hydrogens is 356 g/mol. The number of carbonyl (C=O) groups is 1. The van der Waals surface area contributed by atoms with Gasteiger partial charge in [0.15, 0.2) is 0 Å². The molecule has 0 spiro atoms. The third kappa shape index (κ3) is 3.30. The van der Waals surface area contributed by atoms with Crippen molar-refractivity contribution in [2.75, 3.05) is 26.8 Å². The lowest BCUT2D eigenvalue weighted by atomic mass is 10.00. The predicted molar refractivity (Wildman–Crippen MR) is 108 cm³/mol. The molecule has 1 aliphatic rings. The molecule has 1 unspecified atom stereocenters. The largest absolute Gasteiger partial charge is 0.385 e. The minimum Gasteiger partial charge on any atom is -0.385 e. The van der Waals surface area contributed by atoms with Gasteiger partial charge in [-0.15, -0.1) is 0 Å². The number of nitrogens with zero attached hydrogens (tertiary/aromatic N) is 4. The number of ether oxygens (including phenoxy) is 1. The summed E-state index contributed by atoms with van der Waals surface area (Å²) in [5.41, 5.74) is 1.55. The zero-order chi connectivity index (χ0) is 19.7. The molecule has 1 atom stereocenters. The number of fused-ring (bicyclic) bond motifs is 2. The smallest absolute Gasteiger partial charge is 0.270 e. The van der Waals surface area contributed by atoms with Crippen LogP contribution in [0.1, 0.15) is 36.7 Å². The van der Waals surface area contributed by atoms with Crippen LogP contribution in [0.5, 0.6) is 0 Å². The SMILES string of the molecule is COCCCn1c(C(=O)N2CCCC(C)C2)cc2c(=O)n3ccccc3nc21. The maximum Gasteiger partial charge on any atom is 0.270 e. The molecule has 0 aliphatic carbocycles. The fourth-order valence-corrected chi connectivity index (χ4v) is 4.06. The Morgan fingerprint density at radius 1 is 1.36 bits per heavy atom. The lowest BCUT2D eigenvalue weighted by molar-refractivity contribution is 0.0671. The Bertz CT molecular complexity index is 1070. The number of hydrogen-bond donors (Lipinski definition) is 0. The summed E-state index contributed by atoms with van der Waals surface area (Å²) in [5.74, 6) is 0.478. The highest BCUT2D eigenvalue weighted by molar-refractivity contribution is 5.98. The molecule has 148 valence electrons. The number of pyridine rings is 1. The molecule has 1 saturated heterocycles. The van der Waals surface area contributed by atoms with E-state index in [1.807, 2.05) is 15.5 Å². The summed E-state index contributed by atoms with van der Waals surface area (Å²) in [7, 11) is 1.66. The molecule has 1 amide bonds. The van der Waals surface area contributed by atoms with Gasteiger partial charge in [0.25, 0.3) is 11.5 Å². The Morgan fingerprint density at radius 2 is 2.21 bits per heavy atom. The third-order valence-electron chi connectivity index (χ3n) is 5.47. The van der Waals surface area contributed by atoms with Crippen LogP contribution in [0.15, 0.2) is 35.3 Å². The molecule has 7 heteroatoms. The fraction of sp³-hybridized carbons (Fsp3) is 0.476. The van der Waals surface area contributed by atoms with Crippen molar-refractivity contribution in [1.29, 1.82) is 0 Å². The van der Waals surface area contributed by atoms with Crippen molar-refractivity contribution < 1.29 is 9.53 Å². The number of amides is 1. The van der Waals surface area contributed by atoms with Crippen LogP contribution in [0.4, 0.5) is 0 Å². The average Bonchev–Trinajstić information content (AvgIpc) is 3.07. The zero-order valence-corrected chi connectivity index (χ0v) is 16.4. The van der Waals surface area contributed by atoms with E-state index in [0.29, 0.717) is 41.4 Å². The van der Waals surface area contributed by atoms with Crippen molar-refractivity contribution in [1.82, 2.24) is 18.9 Å². The summed E-state index contributed by atoms with van der Waals surface area (Å²) >= 11 is 0. The van der Waals surface area contributed by atoms with Gasteiger partial charge < -0.3 is 14.2 Å². The molecule has 0 saturated carbocycles. The van der Waals surface area contributed by atoms with Gasteiger partial charge in [-0.05, 0) is 43.4 Å². The van der Waals surface area contributed by atoms with Gasteiger partial charge in [-0.3, -0.25) is 14.0 Å². The molecule has 1 aliphatic heterocycles. The van der Waals surface area contributed by atoms with Crippen molar-refractivity contribution in [3.8, 4) is 0 Å². The van der Waals surface area contributed by atoms with Crippen LogP contribution in [-0.2, 0) is 11.3 Å². The fourth-order valence-electron chi connectivity index (χ4n) is 4.06. The van der Waals surface area contributed by atoms with E-state index in [9.17, 15) is 9.59 Å². The molecule has 0 N–H and O–H groups in total. The van der Waals surface area contributed by atoms with E-state index in [2.05, 4.69) is 6.92 Å². The highest BCUT2D eigenvalue weighted by Gasteiger charge is 2.26. The number of hydrogen-bond acceptors (Lipinski definition) is 4. The van der Waals surface area contributed by atoms with Crippen molar-refractivity contribution in [2.24, 2.45) is 5.92 Å². The minimum absolute atomic E-state index is 0.0181. The number of piperidine rings is 1. The van der Waals surface area contributed by atoms with Gasteiger partial charge in [0.1, 0.15) is 17.0 Å². The predicted octanol–water partition coefficient (Wildman–Crippen LogP) is 2.56. The molecular formula is C21H26N4O3. The van der Waals surface area contributed by atoms with Gasteiger partial charge in [0.05, 0.1) is 5.39 Å². The molecule has 3 aromatic rings. The number of likely N-dealkylation sites (tertiary alicyclic amines) is 1. The Morgan fingerprint density at radius 3 is 3.00 bits per heavy atom. The monoisotopic (exact) mass is 382 g/mol. The Kier molecular flexibility index (Phi) is 5.17. The molecule has 7 nitrogen and oxygen atoms in total. The van der Waals surface area contributed by atoms with Crippen molar-refractivity contribution in [3.05, 3.63) is 46.5 Å². The second kappa shape index (κ2) is 7.75. The first kappa shape index (κ1) is 18.7. The van der Waals surface area contributed by atoms with Crippen molar-refractivity contribution in [2.45, 2.75) is 32.7 Å². The summed E-state index contributed by atoms with van der Waals surface area (Å²) in [6.45, 7) is 4.86. The van der Waals surface area contributed by atoms with Gasteiger partial charge in [-0.2, -0.15) is 0 Å². The molecule has 28 heavy (non-hydrogen) atoms. The molecule has 1 fully saturated rings. The molecule has 0 bridgehead atoms. The lowest BCUT2D eigenvalue weighted by Crippen LogP contribution is -2.40. The van der Waals surface area contributed by atoms with Gasteiger partial charge in [-0.25, -0.2) is 4.98 Å². The second-order valence-electron chi connectivity index (χ2n) is 7.61. The third-order valence-corrected chi connectivity index (χ3v) is 5.47. The van der Waals surface area contributed by atoms with Crippen molar-refractivity contribution in [3.63, 3.8) is 0 Å². The number of aromatic nitrogens is 3. The number of methoxy groups -OCH3 is 1. The maximum absolute atomic E-state index is 13.3. The van der Waals surface area contributed by atoms with E-state index < -0.39 is 0 Å². The number of rotatable bonds is 5. The number of carbonyl (C=O) groups excluding carboxylic acids is 1. The van der Waals surface area contributed by atoms with Crippen molar-refractivity contribution >= 4 is 22.6 Å². The molecule has 0 aromatic carbocycles. The number of aryl methyl sites for hydroxylation is 1. The van der Waals surface area contributed by atoms with Gasteiger partial charge >= 0.3 is 0 Å². The van der Waals surface area contributed by atoms with Crippen LogP contribution < -0.4 is 5.56 Å². The van der Waals surface area contributed by atoms with Crippen LogP contribution in [0.2, 0.25) is 0 Å². The van der Waals surface area contributed by atoms with E-state index in [-0.39, 0.29) is 11.5 Å². The molecule has 0 radical (unpaired) electrons. The van der Waals surface area contributed by atoms with Gasteiger partial charge in [0.2, 0.25) is 0 Å². The Labute approximate surface area is 163 Å². The zero-order valence-electron chi connectivity index (χ0n) is 16.4. The van der Waals surface area contributed by atoms with Gasteiger partial charge in [0, 0.05) is 39.5 Å². The highest BCUT2D eigenvalue weighted by Crippen LogP contribution is 2.22. The van der Waals surface area contributed by atoms with Gasteiger partial charge in [-0.1, -0.05) is 13.0 Å². The molecule has 4 heterocycles. The first-order chi connectivity index (χ1) is 13.6. The summed E-state index contributed by atoms with van der Waals surface area (Å²) in [4.78, 5) is 32.9. The summed E-state index contributed by atoms with van der Waals surface area (Å²) in [5, 5.41) is 0.481. The summed E-state index contributed by atoms with van der Waals surface area (Å²) in [6.07, 6.45) is 4.61. The van der Waals surface area contributed by atoms with Crippen LogP contribution in [0.3, 0.4) is 0 Å². The van der Waals surface area contributed by atoms with E-state index in [4.69, 9.17) is 9.72 Å². The van der Waals surface area contributed by atoms with Crippen LogP contribution >= 0.6 is 0 Å². The quantitative estimate of drug-likeness (QED) is 0.636. The topological polar surface area (TPSA) is 68.8 Å². The normalized spacial score (nSPS) is 17.5. The maximum atomic E-state index is 13.3. The first-order valence-corrected chi connectivity index (χ1v) is 9.89. The lowest BCUT2D eigenvalue weighted by Gasteiger charge is -2.31. The van der Waals surface area contributed by atoms with E-state index in [0.717, 1.165) is 32.4 Å². The molecule has 4 rings (SSSR count). The van der Waals surface area contributed by atoms with E-state index >= 15 is 0 Å². The summed E-state index contributed by atoms with van der Waals surface area (Å²) < 4.78 is 8.60. The highest BCUT2D eigenvalue weighted by atomic mass is 16.5. The Balaban J connectivity index is 1.85.